The molecule has 0 aliphatic carbocycles. The highest BCUT2D eigenvalue weighted by molar-refractivity contribution is 6.61. The summed E-state index contributed by atoms with van der Waals surface area (Å²) in [6.07, 6.45) is 0. The van der Waals surface area contributed by atoms with E-state index in [1.807, 2.05) is 0 Å². The van der Waals surface area contributed by atoms with Gasteiger partial charge in [0.15, 0.2) is 0 Å². The molecule has 0 saturated heterocycles. The van der Waals surface area contributed by atoms with E-state index in [1.165, 1.54) is 26.4 Å². The summed E-state index contributed by atoms with van der Waals surface area (Å²) in [5.41, 5.74) is 1.36. The normalized spacial score (nSPS) is 10.2. The summed E-state index contributed by atoms with van der Waals surface area (Å²) in [4.78, 5) is 24.9. The van der Waals surface area contributed by atoms with Crippen LogP contribution in [0.5, 0.6) is 11.5 Å². The van der Waals surface area contributed by atoms with Gasteiger partial charge in [-0.2, -0.15) is 0 Å². The molecule has 0 unspecified atom stereocenters. The first-order valence-electron chi connectivity index (χ1n) is 9.32. The third-order valence-corrected chi connectivity index (χ3v) is 4.54. The molecule has 3 aromatic carbocycles. The molecule has 0 aromatic heterocycles. The number of rotatable bonds is 7. The molecule has 0 radical (unpaired) electrons. The van der Waals surface area contributed by atoms with Gasteiger partial charge in [-0.25, -0.2) is 0 Å². The summed E-state index contributed by atoms with van der Waals surface area (Å²) in [6.45, 7) is 0. The lowest BCUT2D eigenvalue weighted by Gasteiger charge is -2.14. The van der Waals surface area contributed by atoms with E-state index in [0.29, 0.717) is 28.3 Å². The second kappa shape index (κ2) is 9.79. The molecule has 8 nitrogen and oxygen atoms in total. The number of carbonyl (C=O) groups excluding carboxylic acids is 2. The fourth-order valence-electron chi connectivity index (χ4n) is 2.85. The molecule has 3 rings (SSSR count). The molecule has 0 bridgehead atoms. The summed E-state index contributed by atoms with van der Waals surface area (Å²) in [5.74, 6) is 0.426. The quantitative estimate of drug-likeness (QED) is 0.434. The first-order chi connectivity index (χ1) is 14.9. The van der Waals surface area contributed by atoms with Crippen LogP contribution in [0.4, 0.5) is 11.4 Å². The van der Waals surface area contributed by atoms with Gasteiger partial charge in [-0.1, -0.05) is 0 Å². The van der Waals surface area contributed by atoms with Crippen LogP contribution in [0, 0.1) is 0 Å². The van der Waals surface area contributed by atoms with Crippen LogP contribution in [0.15, 0.2) is 66.7 Å². The van der Waals surface area contributed by atoms with Gasteiger partial charge in [0.05, 0.1) is 14.2 Å². The molecule has 0 spiro atoms. The average Bonchev–Trinajstić information content (AvgIpc) is 2.79. The summed E-state index contributed by atoms with van der Waals surface area (Å²) < 4.78 is 10.1. The fourth-order valence-corrected chi connectivity index (χ4v) is 2.85. The Hall–Kier alpha value is -3.82. The van der Waals surface area contributed by atoms with Crippen LogP contribution in [0.3, 0.4) is 0 Å². The van der Waals surface area contributed by atoms with Crippen LogP contribution >= 0.6 is 0 Å². The standard InChI is InChI=1S/C22H21BN2O6/c1-30-17-8-3-14(4-9-17)21(26)24-16-7-12-20(19(13-16)23(28)29)25-22(27)15-5-10-18(31-2)11-6-15/h3-13,28-29H,1-2H3,(H,24,26)(H,25,27). The molecule has 31 heavy (non-hydrogen) atoms. The molecule has 0 saturated carbocycles. The molecule has 0 aliphatic rings. The van der Waals surface area contributed by atoms with Crippen LogP contribution in [0.1, 0.15) is 20.7 Å². The first kappa shape index (κ1) is 21.9. The Morgan fingerprint density at radius 3 is 1.68 bits per heavy atom. The van der Waals surface area contributed by atoms with Gasteiger partial charge in [0, 0.05) is 28.0 Å². The number of anilines is 2. The van der Waals surface area contributed by atoms with E-state index in [2.05, 4.69) is 10.6 Å². The summed E-state index contributed by atoms with van der Waals surface area (Å²) in [6, 6.07) is 17.4. The molecule has 4 N–H and O–H groups in total. The van der Waals surface area contributed by atoms with Gasteiger partial charge in [0.2, 0.25) is 0 Å². The van der Waals surface area contributed by atoms with Gasteiger partial charge in [0.1, 0.15) is 11.5 Å². The van der Waals surface area contributed by atoms with Crippen molar-refractivity contribution in [1.82, 2.24) is 0 Å². The van der Waals surface area contributed by atoms with E-state index in [1.54, 1.807) is 54.6 Å². The minimum absolute atomic E-state index is 0.0365. The maximum Gasteiger partial charge on any atom is 0.490 e. The third-order valence-electron chi connectivity index (χ3n) is 4.54. The van der Waals surface area contributed by atoms with Crippen LogP contribution in [-0.4, -0.2) is 43.2 Å². The van der Waals surface area contributed by atoms with Crippen LogP contribution < -0.4 is 25.6 Å². The first-order valence-corrected chi connectivity index (χ1v) is 9.32. The zero-order valence-corrected chi connectivity index (χ0v) is 17.0. The minimum atomic E-state index is -1.86. The summed E-state index contributed by atoms with van der Waals surface area (Å²) >= 11 is 0. The van der Waals surface area contributed by atoms with Gasteiger partial charge < -0.3 is 30.2 Å². The number of methoxy groups -OCH3 is 2. The van der Waals surface area contributed by atoms with Gasteiger partial charge in [0.25, 0.3) is 11.8 Å². The van der Waals surface area contributed by atoms with Gasteiger partial charge in [-0.05, 0) is 66.7 Å². The molecule has 0 atom stereocenters. The van der Waals surface area contributed by atoms with Crippen molar-refractivity contribution in [3.8, 4) is 11.5 Å². The van der Waals surface area contributed by atoms with Gasteiger partial charge >= 0.3 is 7.12 Å². The van der Waals surface area contributed by atoms with Crippen LogP contribution in [0.2, 0.25) is 0 Å². The van der Waals surface area contributed by atoms with Gasteiger partial charge in [-0.15, -0.1) is 0 Å². The SMILES string of the molecule is COc1ccc(C(=O)Nc2ccc(NC(=O)c3ccc(OC)cc3)c(B(O)O)c2)cc1. The largest absolute Gasteiger partial charge is 0.497 e. The smallest absolute Gasteiger partial charge is 0.490 e. The molecule has 3 aromatic rings. The molecule has 0 heterocycles. The summed E-state index contributed by atoms with van der Waals surface area (Å²) in [5, 5.41) is 24.8. The zero-order chi connectivity index (χ0) is 22.4. The highest BCUT2D eigenvalue weighted by Crippen LogP contribution is 2.17. The van der Waals surface area contributed by atoms with E-state index in [0.717, 1.165) is 0 Å². The van der Waals surface area contributed by atoms with Crippen molar-refractivity contribution in [2.75, 3.05) is 24.9 Å². The molecule has 0 fully saturated rings. The van der Waals surface area contributed by atoms with Crippen molar-refractivity contribution >= 4 is 35.8 Å². The lowest BCUT2D eigenvalue weighted by molar-refractivity contribution is 0.101. The Labute approximate surface area is 179 Å². The maximum absolute atomic E-state index is 12.5. The number of nitrogens with one attached hydrogen (secondary N) is 2. The van der Waals surface area contributed by atoms with E-state index in [-0.39, 0.29) is 17.1 Å². The Bertz CT molecular complexity index is 1070. The molecular formula is C22H21BN2O6. The lowest BCUT2D eigenvalue weighted by Crippen LogP contribution is -2.34. The predicted octanol–water partition coefficient (Wildman–Crippen LogP) is 1.89. The highest BCUT2D eigenvalue weighted by Gasteiger charge is 2.19. The van der Waals surface area contributed by atoms with Crippen molar-refractivity contribution in [3.63, 3.8) is 0 Å². The van der Waals surface area contributed by atoms with E-state index >= 15 is 0 Å². The Balaban J connectivity index is 1.76. The molecule has 158 valence electrons. The van der Waals surface area contributed by atoms with Crippen molar-refractivity contribution < 1.29 is 29.1 Å². The topological polar surface area (TPSA) is 117 Å². The van der Waals surface area contributed by atoms with Crippen molar-refractivity contribution in [2.45, 2.75) is 0 Å². The Kier molecular flexibility index (Phi) is 6.91. The van der Waals surface area contributed by atoms with Crippen LogP contribution in [-0.2, 0) is 0 Å². The van der Waals surface area contributed by atoms with Crippen LogP contribution in [0.25, 0.3) is 0 Å². The van der Waals surface area contributed by atoms with E-state index in [4.69, 9.17) is 9.47 Å². The molecule has 0 aliphatic heterocycles. The molecule has 2 amide bonds. The van der Waals surface area contributed by atoms with E-state index < -0.39 is 13.0 Å². The molecule has 9 heteroatoms. The fraction of sp³-hybridized carbons (Fsp3) is 0.0909. The average molecular weight is 420 g/mol. The summed E-state index contributed by atoms with van der Waals surface area (Å²) in [7, 11) is 1.20. The predicted molar refractivity (Wildman–Crippen MR) is 118 cm³/mol. The Morgan fingerprint density at radius 2 is 1.23 bits per heavy atom. The Morgan fingerprint density at radius 1 is 0.742 bits per heavy atom. The van der Waals surface area contributed by atoms with Crippen molar-refractivity contribution in [3.05, 3.63) is 77.9 Å². The second-order valence-electron chi connectivity index (χ2n) is 6.54. The zero-order valence-electron chi connectivity index (χ0n) is 17.0. The number of carbonyl (C=O) groups is 2. The minimum Gasteiger partial charge on any atom is -0.497 e. The number of hydrogen-bond acceptors (Lipinski definition) is 6. The van der Waals surface area contributed by atoms with E-state index in [9.17, 15) is 19.6 Å². The maximum atomic E-state index is 12.5. The number of hydrogen-bond donors (Lipinski definition) is 4. The highest BCUT2D eigenvalue weighted by atomic mass is 16.5. The van der Waals surface area contributed by atoms with Gasteiger partial charge in [-0.3, -0.25) is 9.59 Å². The second-order valence-corrected chi connectivity index (χ2v) is 6.54. The number of amides is 2. The third kappa shape index (κ3) is 5.41. The van der Waals surface area contributed by atoms with Crippen molar-refractivity contribution in [2.24, 2.45) is 0 Å². The lowest BCUT2D eigenvalue weighted by atomic mass is 9.78. The van der Waals surface area contributed by atoms with Crippen molar-refractivity contribution in [1.29, 1.82) is 0 Å². The number of ether oxygens (including phenoxy) is 2. The number of benzene rings is 3. The monoisotopic (exact) mass is 420 g/mol. The molecular weight excluding hydrogens is 399 g/mol.